The molecule has 1 aromatic heterocycles. The predicted molar refractivity (Wildman–Crippen MR) is 182 cm³/mol. The Morgan fingerprint density at radius 3 is 2.18 bits per heavy atom. The number of benzene rings is 4. The third-order valence-electron chi connectivity index (χ3n) is 6.48. The molecule has 4 aromatic carbocycles. The third kappa shape index (κ3) is 8.67. The smallest absolute Gasteiger partial charge is 0.272 e. The maximum atomic E-state index is 13.4. The van der Waals surface area contributed by atoms with Gasteiger partial charge in [-0.05, 0) is 73.7 Å². The number of rotatable bonds is 10. The number of halogens is 2. The van der Waals surface area contributed by atoms with Gasteiger partial charge in [-0.15, -0.1) is 11.8 Å². The second-order valence-electron chi connectivity index (χ2n) is 9.80. The lowest BCUT2D eigenvalue weighted by molar-refractivity contribution is -0.115. The molecule has 0 saturated heterocycles. The van der Waals surface area contributed by atoms with Gasteiger partial charge < -0.3 is 20.4 Å². The second-order valence-corrected chi connectivity index (χ2v) is 12.1. The van der Waals surface area contributed by atoms with Crippen LogP contribution in [-0.2, 0) is 9.59 Å². The Kier molecular flexibility index (Phi) is 10.4. The molecular weight excluding hydrogens is 629 g/mol. The highest BCUT2D eigenvalue weighted by Crippen LogP contribution is 2.29. The Morgan fingerprint density at radius 1 is 0.800 bits per heavy atom. The summed E-state index contributed by atoms with van der Waals surface area (Å²) < 4.78 is 5.95. The van der Waals surface area contributed by atoms with E-state index in [9.17, 15) is 14.4 Å². The van der Waals surface area contributed by atoms with Crippen molar-refractivity contribution >= 4 is 70.1 Å². The van der Waals surface area contributed by atoms with E-state index in [4.69, 9.17) is 27.6 Å². The number of carbonyl (C=O) groups is 3. The molecule has 0 bridgehead atoms. The maximum absolute atomic E-state index is 13.4. The molecular formula is C35H27Cl2N3O4S. The van der Waals surface area contributed by atoms with Gasteiger partial charge in [-0.25, -0.2) is 0 Å². The summed E-state index contributed by atoms with van der Waals surface area (Å²) in [6.45, 7) is 1.78. The zero-order valence-electron chi connectivity index (χ0n) is 23.9. The Bertz CT molecular complexity index is 1840. The topological polar surface area (TPSA) is 100 Å². The molecule has 0 aliphatic carbocycles. The van der Waals surface area contributed by atoms with Crippen molar-refractivity contribution in [3.05, 3.63) is 142 Å². The van der Waals surface area contributed by atoms with Crippen molar-refractivity contribution in [2.45, 2.75) is 17.1 Å². The molecule has 7 nitrogen and oxygen atoms in total. The molecule has 0 radical (unpaired) electrons. The quantitative estimate of drug-likeness (QED) is 0.103. The first-order valence-corrected chi connectivity index (χ1v) is 15.5. The lowest BCUT2D eigenvalue weighted by Gasteiger charge is -2.14. The van der Waals surface area contributed by atoms with Crippen LogP contribution in [0.5, 0.6) is 0 Å². The normalized spacial score (nSPS) is 11.8. The van der Waals surface area contributed by atoms with Crippen LogP contribution in [0.4, 0.5) is 11.4 Å². The van der Waals surface area contributed by atoms with E-state index in [1.807, 2.05) is 30.3 Å². The van der Waals surface area contributed by atoms with Crippen LogP contribution in [0.3, 0.4) is 0 Å². The highest BCUT2D eigenvalue weighted by atomic mass is 35.5. The van der Waals surface area contributed by atoms with E-state index in [1.54, 1.807) is 91.9 Å². The number of furan rings is 1. The molecule has 0 fully saturated rings. The summed E-state index contributed by atoms with van der Waals surface area (Å²) >= 11 is 13.5. The molecule has 1 atom stereocenters. The van der Waals surface area contributed by atoms with E-state index >= 15 is 0 Å². The summed E-state index contributed by atoms with van der Waals surface area (Å²) in [5, 5.41) is 8.74. The first-order valence-electron chi connectivity index (χ1n) is 13.8. The highest BCUT2D eigenvalue weighted by Gasteiger charge is 2.18. The molecule has 5 rings (SSSR count). The van der Waals surface area contributed by atoms with Gasteiger partial charge in [0, 0.05) is 32.8 Å². The number of nitrogens with one attached hydrogen (secondary N) is 3. The molecule has 1 heterocycles. The molecule has 3 N–H and O–H groups in total. The van der Waals surface area contributed by atoms with Crippen LogP contribution in [0.15, 0.2) is 130 Å². The lowest BCUT2D eigenvalue weighted by Crippen LogP contribution is -2.30. The van der Waals surface area contributed by atoms with E-state index in [1.165, 1.54) is 17.8 Å². The standard InChI is InChI=1S/C35H27Cl2N3O4S/c1-22(33(41)39-30-18-12-25(36)20-29(30)37)45-28-16-13-26(14-17-28)38-35(43)31(40-34(42)24-10-6-3-7-11-24)21-27-15-19-32(44-27)23-8-4-2-5-9-23/h2-22H,1H3,(H,38,43)(H,39,41)(H,40,42)/b31-21+. The number of carbonyl (C=O) groups excluding carboxylic acids is 3. The van der Waals surface area contributed by atoms with E-state index in [-0.39, 0.29) is 11.6 Å². The summed E-state index contributed by atoms with van der Waals surface area (Å²) in [5.74, 6) is -0.177. The lowest BCUT2D eigenvalue weighted by atomic mass is 10.2. The summed E-state index contributed by atoms with van der Waals surface area (Å²) in [4.78, 5) is 39.9. The van der Waals surface area contributed by atoms with Crippen LogP contribution in [-0.4, -0.2) is 23.0 Å². The molecule has 3 amide bonds. The fourth-order valence-electron chi connectivity index (χ4n) is 4.17. The Morgan fingerprint density at radius 2 is 1.49 bits per heavy atom. The average Bonchev–Trinajstić information content (AvgIpc) is 3.52. The van der Waals surface area contributed by atoms with E-state index in [0.29, 0.717) is 38.5 Å². The first-order chi connectivity index (χ1) is 21.7. The molecule has 1 unspecified atom stereocenters. The maximum Gasteiger partial charge on any atom is 0.272 e. The van der Waals surface area contributed by atoms with Gasteiger partial charge >= 0.3 is 0 Å². The average molecular weight is 657 g/mol. The molecule has 45 heavy (non-hydrogen) atoms. The first kappa shape index (κ1) is 31.7. The zero-order chi connectivity index (χ0) is 31.8. The van der Waals surface area contributed by atoms with E-state index < -0.39 is 17.1 Å². The van der Waals surface area contributed by atoms with Gasteiger partial charge in [-0.2, -0.15) is 0 Å². The van der Waals surface area contributed by atoms with Crippen LogP contribution in [0, 0.1) is 0 Å². The number of thioether (sulfide) groups is 1. The summed E-state index contributed by atoms with van der Waals surface area (Å²) in [5.41, 5.74) is 2.26. The number of anilines is 2. The van der Waals surface area contributed by atoms with Gasteiger partial charge in [-0.3, -0.25) is 14.4 Å². The molecule has 0 spiro atoms. The third-order valence-corrected chi connectivity index (χ3v) is 8.14. The molecule has 0 saturated carbocycles. The SMILES string of the molecule is CC(Sc1ccc(NC(=O)/C(=C\c2ccc(-c3ccccc3)o2)NC(=O)c2ccccc2)cc1)C(=O)Nc1ccc(Cl)cc1Cl. The summed E-state index contributed by atoms with van der Waals surface area (Å²) in [6, 6.07) is 33.6. The molecule has 0 aliphatic heterocycles. The number of hydrogen-bond acceptors (Lipinski definition) is 5. The van der Waals surface area contributed by atoms with Gasteiger partial charge in [0.1, 0.15) is 17.2 Å². The van der Waals surface area contributed by atoms with Crippen LogP contribution in [0.2, 0.25) is 10.0 Å². The monoisotopic (exact) mass is 655 g/mol. The minimum atomic E-state index is -0.537. The molecule has 226 valence electrons. The van der Waals surface area contributed by atoms with Crippen molar-refractivity contribution in [2.75, 3.05) is 10.6 Å². The van der Waals surface area contributed by atoms with Crippen molar-refractivity contribution in [1.29, 1.82) is 0 Å². The molecule has 10 heteroatoms. The van der Waals surface area contributed by atoms with Gasteiger partial charge in [-0.1, -0.05) is 71.7 Å². The second kappa shape index (κ2) is 14.8. The fourth-order valence-corrected chi connectivity index (χ4v) is 5.49. The van der Waals surface area contributed by atoms with Gasteiger partial charge in [0.25, 0.3) is 11.8 Å². The van der Waals surface area contributed by atoms with Crippen LogP contribution in [0.1, 0.15) is 23.0 Å². The van der Waals surface area contributed by atoms with Gasteiger partial charge in [0.15, 0.2) is 0 Å². The number of hydrogen-bond donors (Lipinski definition) is 3. The van der Waals surface area contributed by atoms with Crippen molar-refractivity contribution in [2.24, 2.45) is 0 Å². The van der Waals surface area contributed by atoms with Crippen LogP contribution >= 0.6 is 35.0 Å². The van der Waals surface area contributed by atoms with Gasteiger partial charge in [0.05, 0.1) is 16.0 Å². The van der Waals surface area contributed by atoms with E-state index in [0.717, 1.165) is 10.5 Å². The predicted octanol–water partition coefficient (Wildman–Crippen LogP) is 8.78. The van der Waals surface area contributed by atoms with Crippen molar-refractivity contribution in [3.63, 3.8) is 0 Å². The van der Waals surface area contributed by atoms with Crippen LogP contribution < -0.4 is 16.0 Å². The Labute approximate surface area is 274 Å². The molecule has 5 aromatic rings. The molecule has 0 aliphatic rings. The Hall–Kier alpha value is -4.76. The Balaban J connectivity index is 1.27. The van der Waals surface area contributed by atoms with Crippen LogP contribution in [0.25, 0.3) is 17.4 Å². The summed E-state index contributed by atoms with van der Waals surface area (Å²) in [7, 11) is 0. The zero-order valence-corrected chi connectivity index (χ0v) is 26.2. The largest absolute Gasteiger partial charge is 0.457 e. The van der Waals surface area contributed by atoms with Crippen molar-refractivity contribution in [1.82, 2.24) is 5.32 Å². The number of amides is 3. The van der Waals surface area contributed by atoms with Crippen molar-refractivity contribution < 1.29 is 18.8 Å². The summed E-state index contributed by atoms with van der Waals surface area (Å²) in [6.07, 6.45) is 1.49. The van der Waals surface area contributed by atoms with E-state index in [2.05, 4.69) is 16.0 Å². The highest BCUT2D eigenvalue weighted by molar-refractivity contribution is 8.00. The van der Waals surface area contributed by atoms with Crippen molar-refractivity contribution in [3.8, 4) is 11.3 Å². The minimum absolute atomic E-state index is 0.00224. The fraction of sp³-hybridized carbons (Fsp3) is 0.0571. The van der Waals surface area contributed by atoms with Gasteiger partial charge in [0.2, 0.25) is 5.91 Å². The minimum Gasteiger partial charge on any atom is -0.457 e.